The summed E-state index contributed by atoms with van der Waals surface area (Å²) in [6.45, 7) is 8.85. The van der Waals surface area contributed by atoms with Gasteiger partial charge in [-0.05, 0) is 38.0 Å². The number of nitrogens with one attached hydrogen (secondary N) is 1. The lowest BCUT2D eigenvalue weighted by molar-refractivity contribution is 0.266. The third kappa shape index (κ3) is 4.21. The van der Waals surface area contributed by atoms with Crippen molar-refractivity contribution in [1.82, 2.24) is 10.2 Å². The molecule has 3 heteroatoms. The summed E-state index contributed by atoms with van der Waals surface area (Å²) in [5.74, 6) is 2.96. The van der Waals surface area contributed by atoms with E-state index >= 15 is 0 Å². The molecule has 1 N–H and O–H groups in total. The Balaban J connectivity index is 1.84. The van der Waals surface area contributed by atoms with Gasteiger partial charge in [-0.15, -0.1) is 0 Å². The summed E-state index contributed by atoms with van der Waals surface area (Å²) >= 11 is 0. The zero-order valence-corrected chi connectivity index (χ0v) is 11.4. The van der Waals surface area contributed by atoms with Crippen molar-refractivity contribution in [3.63, 3.8) is 0 Å². The quantitative estimate of drug-likeness (QED) is 0.601. The van der Waals surface area contributed by atoms with Crippen LogP contribution < -0.4 is 5.32 Å². The lowest BCUT2D eigenvalue weighted by Gasteiger charge is -2.33. The highest BCUT2D eigenvalue weighted by Gasteiger charge is 2.21. The van der Waals surface area contributed by atoms with Gasteiger partial charge in [0, 0.05) is 26.2 Å². The number of aliphatic imine (C=N–C) groups is 1. The molecule has 17 heavy (non-hydrogen) atoms. The van der Waals surface area contributed by atoms with Crippen molar-refractivity contribution < 1.29 is 0 Å². The molecule has 0 bridgehead atoms. The molecule has 1 atom stereocenters. The number of hydrogen-bond acceptors (Lipinski definition) is 1. The van der Waals surface area contributed by atoms with Gasteiger partial charge < -0.3 is 10.2 Å². The van der Waals surface area contributed by atoms with E-state index in [1.165, 1.54) is 45.2 Å². The smallest absolute Gasteiger partial charge is 0.193 e. The van der Waals surface area contributed by atoms with Crippen LogP contribution in [0.1, 0.15) is 46.0 Å². The van der Waals surface area contributed by atoms with Crippen molar-refractivity contribution in [2.24, 2.45) is 16.8 Å². The van der Waals surface area contributed by atoms with Gasteiger partial charge in [0.05, 0.1) is 0 Å². The third-order valence-electron chi connectivity index (χ3n) is 3.79. The summed E-state index contributed by atoms with van der Waals surface area (Å²) in [7, 11) is 0. The Morgan fingerprint density at radius 1 is 1.35 bits per heavy atom. The summed E-state index contributed by atoms with van der Waals surface area (Å²) in [5.41, 5.74) is 0. The van der Waals surface area contributed by atoms with Crippen LogP contribution in [0, 0.1) is 11.8 Å². The molecule has 0 amide bonds. The fraction of sp³-hybridized carbons (Fsp3) is 0.929. The van der Waals surface area contributed by atoms with Gasteiger partial charge in [0.15, 0.2) is 5.96 Å². The second-order valence-corrected chi connectivity index (χ2v) is 5.66. The number of rotatable bonds is 4. The van der Waals surface area contributed by atoms with Crippen molar-refractivity contribution in [3.8, 4) is 0 Å². The van der Waals surface area contributed by atoms with Gasteiger partial charge in [-0.1, -0.05) is 19.8 Å². The Labute approximate surface area is 106 Å². The summed E-state index contributed by atoms with van der Waals surface area (Å²) in [4.78, 5) is 7.23. The molecule has 1 saturated heterocycles. The molecule has 1 heterocycles. The number of nitrogens with zero attached hydrogens (tertiary/aromatic N) is 2. The fourth-order valence-electron chi connectivity index (χ4n) is 2.57. The third-order valence-corrected chi connectivity index (χ3v) is 3.79. The molecule has 0 spiro atoms. The molecule has 0 radical (unpaired) electrons. The minimum absolute atomic E-state index is 0.816. The lowest BCUT2D eigenvalue weighted by atomic mass is 10.0. The second kappa shape index (κ2) is 6.27. The molecule has 3 nitrogen and oxygen atoms in total. The van der Waals surface area contributed by atoms with Gasteiger partial charge >= 0.3 is 0 Å². The first kappa shape index (κ1) is 12.7. The largest absolute Gasteiger partial charge is 0.357 e. The molecular formula is C14H27N3. The Bertz CT molecular complexity index is 258. The van der Waals surface area contributed by atoms with E-state index in [1.54, 1.807) is 0 Å². The molecule has 1 aliphatic carbocycles. The topological polar surface area (TPSA) is 27.6 Å². The minimum atomic E-state index is 0.816. The lowest BCUT2D eigenvalue weighted by Crippen LogP contribution is -2.46. The molecule has 2 rings (SSSR count). The average Bonchev–Trinajstić information content (AvgIpc) is 3.12. The van der Waals surface area contributed by atoms with Crippen LogP contribution in [0.15, 0.2) is 4.99 Å². The zero-order chi connectivity index (χ0) is 12.1. The highest BCUT2D eigenvalue weighted by molar-refractivity contribution is 5.80. The van der Waals surface area contributed by atoms with Crippen LogP contribution in [0.5, 0.6) is 0 Å². The van der Waals surface area contributed by atoms with E-state index in [9.17, 15) is 0 Å². The van der Waals surface area contributed by atoms with Crippen LogP contribution >= 0.6 is 0 Å². The minimum Gasteiger partial charge on any atom is -0.357 e. The predicted molar refractivity (Wildman–Crippen MR) is 73.3 cm³/mol. The molecule has 2 aliphatic rings. The van der Waals surface area contributed by atoms with Crippen molar-refractivity contribution in [3.05, 3.63) is 0 Å². The van der Waals surface area contributed by atoms with Gasteiger partial charge in [0.2, 0.25) is 0 Å². The number of hydrogen-bond donors (Lipinski definition) is 1. The first-order chi connectivity index (χ1) is 8.29. The predicted octanol–water partition coefficient (Wildman–Crippen LogP) is 2.48. The van der Waals surface area contributed by atoms with Crippen LogP contribution in [0.25, 0.3) is 0 Å². The van der Waals surface area contributed by atoms with E-state index < -0.39 is 0 Å². The van der Waals surface area contributed by atoms with Crippen molar-refractivity contribution >= 4 is 5.96 Å². The first-order valence-corrected chi connectivity index (χ1v) is 7.33. The van der Waals surface area contributed by atoms with Gasteiger partial charge in [-0.3, -0.25) is 4.99 Å². The maximum atomic E-state index is 4.78. The molecule has 2 fully saturated rings. The van der Waals surface area contributed by atoms with E-state index in [0.717, 1.165) is 30.9 Å². The van der Waals surface area contributed by atoms with Gasteiger partial charge in [-0.2, -0.15) is 0 Å². The maximum Gasteiger partial charge on any atom is 0.193 e. The van der Waals surface area contributed by atoms with Gasteiger partial charge in [0.1, 0.15) is 0 Å². The van der Waals surface area contributed by atoms with Crippen molar-refractivity contribution in [2.75, 3.05) is 26.2 Å². The molecule has 0 aromatic heterocycles. The normalized spacial score (nSPS) is 26.1. The monoisotopic (exact) mass is 237 g/mol. The highest BCUT2D eigenvalue weighted by Crippen LogP contribution is 2.32. The number of likely N-dealkylation sites (tertiary alicyclic amines) is 1. The van der Waals surface area contributed by atoms with Crippen LogP contribution in [0.4, 0.5) is 0 Å². The SMILES string of the molecule is CCNC(=NCCC1CC1)N1CCCC(C)C1. The molecule has 98 valence electrons. The van der Waals surface area contributed by atoms with Crippen LogP contribution in [0.3, 0.4) is 0 Å². The summed E-state index contributed by atoms with van der Waals surface area (Å²) < 4.78 is 0. The summed E-state index contributed by atoms with van der Waals surface area (Å²) in [6.07, 6.45) is 6.85. The van der Waals surface area contributed by atoms with Crippen molar-refractivity contribution in [1.29, 1.82) is 0 Å². The Morgan fingerprint density at radius 2 is 2.18 bits per heavy atom. The zero-order valence-electron chi connectivity index (χ0n) is 11.4. The fourth-order valence-corrected chi connectivity index (χ4v) is 2.57. The second-order valence-electron chi connectivity index (χ2n) is 5.66. The average molecular weight is 237 g/mol. The van der Waals surface area contributed by atoms with Crippen molar-refractivity contribution in [2.45, 2.75) is 46.0 Å². The van der Waals surface area contributed by atoms with Crippen LogP contribution in [-0.4, -0.2) is 37.0 Å². The number of piperidine rings is 1. The Morgan fingerprint density at radius 3 is 2.82 bits per heavy atom. The molecule has 0 aromatic rings. The van der Waals surface area contributed by atoms with Crippen LogP contribution in [0.2, 0.25) is 0 Å². The Hall–Kier alpha value is -0.730. The van der Waals surface area contributed by atoms with E-state index in [2.05, 4.69) is 24.1 Å². The molecule has 1 aliphatic heterocycles. The first-order valence-electron chi connectivity index (χ1n) is 7.33. The van der Waals surface area contributed by atoms with E-state index in [1.807, 2.05) is 0 Å². The molecule has 0 aromatic carbocycles. The standard InChI is InChI=1S/C14H27N3/c1-3-15-14(16-9-8-13-6-7-13)17-10-4-5-12(2)11-17/h12-13H,3-11H2,1-2H3,(H,15,16). The molecule has 1 unspecified atom stereocenters. The summed E-state index contributed by atoms with van der Waals surface area (Å²) in [5, 5.41) is 3.44. The maximum absolute atomic E-state index is 4.78. The highest BCUT2D eigenvalue weighted by atomic mass is 15.3. The Kier molecular flexibility index (Phi) is 4.69. The number of guanidine groups is 1. The molecular weight excluding hydrogens is 210 g/mol. The van der Waals surface area contributed by atoms with Gasteiger partial charge in [0.25, 0.3) is 0 Å². The summed E-state index contributed by atoms with van der Waals surface area (Å²) in [6, 6.07) is 0. The van der Waals surface area contributed by atoms with E-state index in [0.29, 0.717) is 0 Å². The van der Waals surface area contributed by atoms with E-state index in [4.69, 9.17) is 4.99 Å². The van der Waals surface area contributed by atoms with Gasteiger partial charge in [-0.25, -0.2) is 0 Å². The molecule has 1 saturated carbocycles. The van der Waals surface area contributed by atoms with E-state index in [-0.39, 0.29) is 0 Å². The van der Waals surface area contributed by atoms with Crippen LogP contribution in [-0.2, 0) is 0 Å².